The van der Waals surface area contributed by atoms with Crippen molar-refractivity contribution in [3.05, 3.63) is 41.1 Å². The van der Waals surface area contributed by atoms with Gasteiger partial charge >= 0.3 is 0 Å². The van der Waals surface area contributed by atoms with Crippen molar-refractivity contribution in [1.82, 2.24) is 9.88 Å². The molecule has 4 heteroatoms. The molecule has 3 fully saturated rings. The van der Waals surface area contributed by atoms with E-state index in [4.69, 9.17) is 0 Å². The smallest absolute Gasteiger partial charge is 0.116 e. The molecule has 0 amide bonds. The van der Waals surface area contributed by atoms with Gasteiger partial charge in [-0.25, -0.2) is 0 Å². The second kappa shape index (κ2) is 4.62. The Bertz CT molecular complexity index is 822. The molecule has 5 heterocycles. The largest absolute Gasteiger partial charge is 0.508 e. The molecule has 1 aromatic carbocycles. The lowest BCUT2D eigenvalue weighted by molar-refractivity contribution is -0.0503. The summed E-state index contributed by atoms with van der Waals surface area (Å²) < 4.78 is 0. The zero-order chi connectivity index (χ0) is 15.7. The number of aliphatic hydroxyl groups excluding tert-OH is 1. The number of aromatic amines is 1. The van der Waals surface area contributed by atoms with E-state index in [1.165, 1.54) is 16.8 Å². The Labute approximate surface area is 135 Å². The van der Waals surface area contributed by atoms with Crippen LogP contribution in [0.2, 0.25) is 0 Å². The Hall–Kier alpha value is -1.78. The lowest BCUT2D eigenvalue weighted by Crippen LogP contribution is -2.60. The monoisotopic (exact) mass is 310 g/mol. The van der Waals surface area contributed by atoms with Crippen LogP contribution in [0.1, 0.15) is 30.6 Å². The highest BCUT2D eigenvalue weighted by Gasteiger charge is 2.52. The summed E-state index contributed by atoms with van der Waals surface area (Å²) in [5.41, 5.74) is 5.29. The van der Waals surface area contributed by atoms with E-state index in [1.54, 1.807) is 6.07 Å². The highest BCUT2D eigenvalue weighted by atomic mass is 16.3. The fourth-order valence-electron chi connectivity index (χ4n) is 5.35. The number of aromatic nitrogens is 1. The van der Waals surface area contributed by atoms with Gasteiger partial charge in [0, 0.05) is 41.7 Å². The van der Waals surface area contributed by atoms with Gasteiger partial charge in [0.15, 0.2) is 0 Å². The van der Waals surface area contributed by atoms with E-state index in [1.807, 2.05) is 12.1 Å². The minimum atomic E-state index is 0.263. The first-order valence-electron chi connectivity index (χ1n) is 8.56. The predicted octanol–water partition coefficient (Wildman–Crippen LogP) is 2.73. The van der Waals surface area contributed by atoms with Gasteiger partial charge in [-0.3, -0.25) is 4.90 Å². The molecule has 23 heavy (non-hydrogen) atoms. The number of aromatic hydroxyl groups is 1. The van der Waals surface area contributed by atoms with Crippen molar-refractivity contribution in [3.8, 4) is 5.75 Å². The minimum Gasteiger partial charge on any atom is -0.508 e. The van der Waals surface area contributed by atoms with E-state index < -0.39 is 0 Å². The van der Waals surface area contributed by atoms with Crippen molar-refractivity contribution in [2.75, 3.05) is 13.2 Å². The summed E-state index contributed by atoms with van der Waals surface area (Å²) in [5.74, 6) is 1.17. The molecule has 4 aliphatic rings. The van der Waals surface area contributed by atoms with Gasteiger partial charge in [-0.05, 0) is 49.4 Å². The second-order valence-corrected chi connectivity index (χ2v) is 7.26. The van der Waals surface area contributed by atoms with Crippen LogP contribution in [0.5, 0.6) is 5.75 Å². The zero-order valence-electron chi connectivity index (χ0n) is 13.3. The van der Waals surface area contributed by atoms with Crippen molar-refractivity contribution in [1.29, 1.82) is 0 Å². The number of nitrogens with one attached hydrogen (secondary N) is 1. The first kappa shape index (κ1) is 13.6. The van der Waals surface area contributed by atoms with Crippen LogP contribution in [0, 0.1) is 11.8 Å². The number of hydrogen-bond donors (Lipinski definition) is 3. The fourth-order valence-corrected chi connectivity index (χ4v) is 5.35. The summed E-state index contributed by atoms with van der Waals surface area (Å²) in [6.45, 7) is 3.42. The van der Waals surface area contributed by atoms with Crippen LogP contribution in [-0.2, 0) is 6.42 Å². The van der Waals surface area contributed by atoms with Gasteiger partial charge in [-0.1, -0.05) is 11.6 Å². The highest BCUT2D eigenvalue weighted by Crippen LogP contribution is 2.54. The van der Waals surface area contributed by atoms with Crippen molar-refractivity contribution < 1.29 is 10.2 Å². The molecule has 1 unspecified atom stereocenters. The number of hydrogen-bond acceptors (Lipinski definition) is 3. The molecule has 0 aliphatic carbocycles. The lowest BCUT2D eigenvalue weighted by Gasteiger charge is -2.58. The van der Waals surface area contributed by atoms with Gasteiger partial charge in [-0.2, -0.15) is 0 Å². The number of rotatable bonds is 1. The molecule has 2 aromatic rings. The number of nitrogens with zero attached hydrogens (tertiary/aromatic N) is 1. The standard InChI is InChI=1S/C19H22N2O2/c1-2-10-8-21-17-7-14-13-5-11(23)3-4-16(13)20-19(14)18(21)6-12(10)15(17)9-22/h2-5,12,15,17-18,20,22-23H,6-9H2,1H3/b10-2+/t12-,15-,17+,18+/m1/s1. The molecule has 120 valence electrons. The Kier molecular flexibility index (Phi) is 2.74. The summed E-state index contributed by atoms with van der Waals surface area (Å²) in [4.78, 5) is 6.21. The fraction of sp³-hybridized carbons (Fsp3) is 0.474. The topological polar surface area (TPSA) is 59.5 Å². The maximum atomic E-state index is 9.99. The third kappa shape index (κ3) is 1.68. The van der Waals surface area contributed by atoms with Crippen LogP contribution in [0.3, 0.4) is 0 Å². The number of H-pyrrole nitrogens is 1. The number of fused-ring (bicyclic) bond motifs is 4. The minimum absolute atomic E-state index is 0.263. The molecule has 4 aliphatic heterocycles. The van der Waals surface area contributed by atoms with Crippen molar-refractivity contribution >= 4 is 10.9 Å². The van der Waals surface area contributed by atoms with E-state index in [2.05, 4.69) is 22.9 Å². The molecule has 3 saturated heterocycles. The molecule has 6 rings (SSSR count). The van der Waals surface area contributed by atoms with Gasteiger partial charge in [0.05, 0.1) is 6.04 Å². The van der Waals surface area contributed by atoms with Gasteiger partial charge in [0.2, 0.25) is 0 Å². The average Bonchev–Trinajstić information content (AvgIpc) is 2.92. The lowest BCUT2D eigenvalue weighted by atomic mass is 9.64. The summed E-state index contributed by atoms with van der Waals surface area (Å²) in [7, 11) is 0. The van der Waals surface area contributed by atoms with Crippen molar-refractivity contribution in [2.45, 2.75) is 31.8 Å². The number of benzene rings is 1. The Morgan fingerprint density at radius 2 is 2.26 bits per heavy atom. The number of phenolic OH excluding ortho intramolecular Hbond substituents is 1. The first-order valence-corrected chi connectivity index (χ1v) is 8.56. The Balaban J connectivity index is 1.68. The molecule has 4 nitrogen and oxygen atoms in total. The quantitative estimate of drug-likeness (QED) is 0.710. The molecule has 0 radical (unpaired) electrons. The third-order valence-corrected chi connectivity index (χ3v) is 6.41. The molecule has 0 saturated carbocycles. The first-order chi connectivity index (χ1) is 11.2. The zero-order valence-corrected chi connectivity index (χ0v) is 13.3. The molecule has 5 atom stereocenters. The second-order valence-electron chi connectivity index (χ2n) is 7.26. The van der Waals surface area contributed by atoms with Crippen LogP contribution in [0.4, 0.5) is 0 Å². The molecule has 4 bridgehead atoms. The van der Waals surface area contributed by atoms with E-state index in [9.17, 15) is 10.2 Å². The van der Waals surface area contributed by atoms with Gasteiger partial charge in [0.25, 0.3) is 0 Å². The van der Waals surface area contributed by atoms with Gasteiger partial charge in [0.1, 0.15) is 5.75 Å². The maximum Gasteiger partial charge on any atom is 0.116 e. The van der Waals surface area contributed by atoms with Gasteiger partial charge in [-0.15, -0.1) is 0 Å². The predicted molar refractivity (Wildman–Crippen MR) is 89.3 cm³/mol. The third-order valence-electron chi connectivity index (χ3n) is 6.41. The highest BCUT2D eigenvalue weighted by molar-refractivity contribution is 5.86. The van der Waals surface area contributed by atoms with E-state index in [0.717, 1.165) is 30.3 Å². The average molecular weight is 310 g/mol. The normalized spacial score (nSPS) is 36.6. The molecular formula is C19H22N2O2. The van der Waals surface area contributed by atoms with Gasteiger partial charge < -0.3 is 15.2 Å². The molecule has 0 spiro atoms. The van der Waals surface area contributed by atoms with Crippen LogP contribution in [-0.4, -0.2) is 39.3 Å². The van der Waals surface area contributed by atoms with E-state index >= 15 is 0 Å². The summed E-state index contributed by atoms with van der Waals surface area (Å²) in [6, 6.07) is 6.44. The molecule has 3 N–H and O–H groups in total. The van der Waals surface area contributed by atoms with Crippen LogP contribution < -0.4 is 0 Å². The summed E-state index contributed by atoms with van der Waals surface area (Å²) >= 11 is 0. The summed E-state index contributed by atoms with van der Waals surface area (Å²) in [5, 5.41) is 21.0. The molecule has 1 aromatic heterocycles. The van der Waals surface area contributed by atoms with Crippen molar-refractivity contribution in [3.63, 3.8) is 0 Å². The number of piperidine rings is 3. The van der Waals surface area contributed by atoms with Crippen LogP contribution >= 0.6 is 0 Å². The van der Waals surface area contributed by atoms with E-state index in [0.29, 0.717) is 29.7 Å². The molecular weight excluding hydrogens is 288 g/mol. The van der Waals surface area contributed by atoms with Crippen LogP contribution in [0.25, 0.3) is 10.9 Å². The number of aliphatic hydroxyl groups is 1. The number of phenols is 1. The SMILES string of the molecule is C/C=C1\CN2[C@H]3C[C@H]1[C@@H](CO)[C@@H]2Cc1c3[nH]c2ccc(O)cc12. The Morgan fingerprint density at radius 1 is 1.39 bits per heavy atom. The Morgan fingerprint density at radius 3 is 3.04 bits per heavy atom. The number of allylic oxidation sites excluding steroid dienone is 1. The van der Waals surface area contributed by atoms with Crippen LogP contribution in [0.15, 0.2) is 29.8 Å². The summed E-state index contributed by atoms with van der Waals surface area (Å²) in [6.07, 6.45) is 4.31. The maximum absolute atomic E-state index is 9.99. The van der Waals surface area contributed by atoms with Crippen molar-refractivity contribution in [2.24, 2.45) is 11.8 Å². The van der Waals surface area contributed by atoms with E-state index in [-0.39, 0.29) is 6.61 Å².